The fourth-order valence-corrected chi connectivity index (χ4v) is 3.58. The van der Waals surface area contributed by atoms with Crippen LogP contribution in [0.3, 0.4) is 0 Å². The Hall–Kier alpha value is -3.13. The molecule has 1 N–H and O–H groups in total. The lowest BCUT2D eigenvalue weighted by atomic mass is 10.2. The van der Waals surface area contributed by atoms with Gasteiger partial charge in [0.25, 0.3) is 5.91 Å². The van der Waals surface area contributed by atoms with E-state index in [0.29, 0.717) is 23.2 Å². The molecular formula is C22H24N4O3S. The van der Waals surface area contributed by atoms with Crippen molar-refractivity contribution in [3.05, 3.63) is 60.2 Å². The zero-order valence-electron chi connectivity index (χ0n) is 17.2. The fraction of sp³-hybridized carbons (Fsp3) is 0.273. The molecule has 0 aliphatic heterocycles. The van der Waals surface area contributed by atoms with E-state index in [9.17, 15) is 9.59 Å². The number of thioether (sulfide) groups is 1. The number of carbonyl (C=O) groups excluding carboxylic acids is 2. The zero-order valence-corrected chi connectivity index (χ0v) is 18.0. The summed E-state index contributed by atoms with van der Waals surface area (Å²) in [6.07, 6.45) is 0. The van der Waals surface area contributed by atoms with Gasteiger partial charge in [-0.1, -0.05) is 43.8 Å². The standard InChI is InChI=1S/C22H24N4O3S/c1-15(2)13-26-20(16-9-11-18(29-3)12-10-16)24-25-22(26)30-14-19(27)23-21(28)17-7-5-4-6-8-17/h4-12,15H,13-14H2,1-3H3,(H,23,27,28). The molecule has 0 aliphatic carbocycles. The zero-order chi connectivity index (χ0) is 21.5. The van der Waals surface area contributed by atoms with Crippen molar-refractivity contribution < 1.29 is 14.3 Å². The molecule has 3 aromatic rings. The van der Waals surface area contributed by atoms with Crippen molar-refractivity contribution in [2.75, 3.05) is 12.9 Å². The number of ether oxygens (including phenoxy) is 1. The van der Waals surface area contributed by atoms with Gasteiger partial charge in [-0.2, -0.15) is 0 Å². The second-order valence-corrected chi connectivity index (χ2v) is 8.01. The lowest BCUT2D eigenvalue weighted by Gasteiger charge is -2.12. The van der Waals surface area contributed by atoms with Gasteiger partial charge in [0.2, 0.25) is 5.91 Å². The number of hydrogen-bond donors (Lipinski definition) is 1. The highest BCUT2D eigenvalue weighted by atomic mass is 32.2. The molecular weight excluding hydrogens is 400 g/mol. The number of hydrogen-bond acceptors (Lipinski definition) is 6. The van der Waals surface area contributed by atoms with E-state index in [-0.39, 0.29) is 11.7 Å². The molecule has 2 amide bonds. The molecule has 1 heterocycles. The van der Waals surface area contributed by atoms with E-state index in [1.165, 1.54) is 11.8 Å². The van der Waals surface area contributed by atoms with E-state index < -0.39 is 5.91 Å². The molecule has 0 atom stereocenters. The molecule has 156 valence electrons. The van der Waals surface area contributed by atoms with Gasteiger partial charge in [0.15, 0.2) is 11.0 Å². The highest BCUT2D eigenvalue weighted by Crippen LogP contribution is 2.26. The fourth-order valence-electron chi connectivity index (χ4n) is 2.83. The average Bonchev–Trinajstić information content (AvgIpc) is 3.14. The van der Waals surface area contributed by atoms with Crippen LogP contribution in [0.25, 0.3) is 11.4 Å². The monoisotopic (exact) mass is 424 g/mol. The van der Waals surface area contributed by atoms with E-state index in [1.807, 2.05) is 34.9 Å². The minimum absolute atomic E-state index is 0.0669. The van der Waals surface area contributed by atoms with Gasteiger partial charge in [0.1, 0.15) is 5.75 Å². The summed E-state index contributed by atoms with van der Waals surface area (Å²) in [6, 6.07) is 16.3. The van der Waals surface area contributed by atoms with Crippen LogP contribution in [0.2, 0.25) is 0 Å². The third-order valence-electron chi connectivity index (χ3n) is 4.23. The van der Waals surface area contributed by atoms with Gasteiger partial charge in [-0.15, -0.1) is 10.2 Å². The molecule has 0 fully saturated rings. The molecule has 0 saturated carbocycles. The Morgan fingerprint density at radius 1 is 1.07 bits per heavy atom. The van der Waals surface area contributed by atoms with Gasteiger partial charge in [-0.25, -0.2) is 0 Å². The van der Waals surface area contributed by atoms with E-state index in [4.69, 9.17) is 4.74 Å². The van der Waals surface area contributed by atoms with Gasteiger partial charge in [-0.3, -0.25) is 14.9 Å². The number of imide groups is 1. The molecule has 7 nitrogen and oxygen atoms in total. The van der Waals surface area contributed by atoms with Crippen LogP contribution in [0.5, 0.6) is 5.75 Å². The summed E-state index contributed by atoms with van der Waals surface area (Å²) < 4.78 is 7.22. The van der Waals surface area contributed by atoms with Crippen LogP contribution in [0, 0.1) is 5.92 Å². The number of amides is 2. The predicted octanol–water partition coefficient (Wildman–Crippen LogP) is 3.66. The van der Waals surface area contributed by atoms with Crippen LogP contribution in [0.15, 0.2) is 59.8 Å². The van der Waals surface area contributed by atoms with Crippen LogP contribution < -0.4 is 10.1 Å². The molecule has 30 heavy (non-hydrogen) atoms. The number of aromatic nitrogens is 3. The molecule has 0 bridgehead atoms. The van der Waals surface area contributed by atoms with Crippen molar-refractivity contribution in [3.63, 3.8) is 0 Å². The van der Waals surface area contributed by atoms with Crippen molar-refractivity contribution in [2.45, 2.75) is 25.5 Å². The number of benzene rings is 2. The second-order valence-electron chi connectivity index (χ2n) is 7.07. The highest BCUT2D eigenvalue weighted by Gasteiger charge is 2.18. The average molecular weight is 425 g/mol. The third-order valence-corrected chi connectivity index (χ3v) is 5.20. The Kier molecular flexibility index (Phi) is 7.24. The number of nitrogens with one attached hydrogen (secondary N) is 1. The van der Waals surface area contributed by atoms with Crippen LogP contribution in [0.1, 0.15) is 24.2 Å². The van der Waals surface area contributed by atoms with Crippen molar-refractivity contribution >= 4 is 23.6 Å². The first kappa shape index (κ1) is 21.6. The van der Waals surface area contributed by atoms with Crippen LogP contribution in [-0.2, 0) is 11.3 Å². The van der Waals surface area contributed by atoms with Gasteiger partial charge in [-0.05, 0) is 42.3 Å². The first-order chi connectivity index (χ1) is 14.5. The van der Waals surface area contributed by atoms with Crippen molar-refractivity contribution in [3.8, 4) is 17.1 Å². The molecule has 0 aliphatic rings. The maximum atomic E-state index is 12.3. The van der Waals surface area contributed by atoms with Gasteiger partial charge >= 0.3 is 0 Å². The normalized spacial score (nSPS) is 10.8. The smallest absolute Gasteiger partial charge is 0.257 e. The quantitative estimate of drug-likeness (QED) is 0.556. The summed E-state index contributed by atoms with van der Waals surface area (Å²) in [7, 11) is 1.62. The largest absolute Gasteiger partial charge is 0.497 e. The summed E-state index contributed by atoms with van der Waals surface area (Å²) in [4.78, 5) is 24.4. The first-order valence-corrected chi connectivity index (χ1v) is 10.6. The Morgan fingerprint density at radius 3 is 2.40 bits per heavy atom. The topological polar surface area (TPSA) is 86.1 Å². The van der Waals surface area contributed by atoms with Gasteiger partial charge in [0.05, 0.1) is 12.9 Å². The van der Waals surface area contributed by atoms with Crippen LogP contribution in [-0.4, -0.2) is 39.4 Å². The lowest BCUT2D eigenvalue weighted by Crippen LogP contribution is -2.31. The molecule has 0 unspecified atom stereocenters. The molecule has 1 aromatic heterocycles. The summed E-state index contributed by atoms with van der Waals surface area (Å²) in [5.74, 6) is 1.14. The number of nitrogens with zero attached hydrogens (tertiary/aromatic N) is 3. The summed E-state index contributed by atoms with van der Waals surface area (Å²) in [5.41, 5.74) is 1.36. The second kappa shape index (κ2) is 10.1. The molecule has 2 aromatic carbocycles. The minimum Gasteiger partial charge on any atom is -0.497 e. The van der Waals surface area contributed by atoms with Crippen molar-refractivity contribution in [1.82, 2.24) is 20.1 Å². The summed E-state index contributed by atoms with van der Waals surface area (Å²) in [6.45, 7) is 4.93. The highest BCUT2D eigenvalue weighted by molar-refractivity contribution is 7.99. The van der Waals surface area contributed by atoms with E-state index in [2.05, 4.69) is 29.4 Å². The summed E-state index contributed by atoms with van der Waals surface area (Å²) in [5, 5.41) is 11.7. The Bertz CT molecular complexity index is 1000. The molecule has 0 spiro atoms. The first-order valence-electron chi connectivity index (χ1n) is 9.57. The van der Waals surface area contributed by atoms with Crippen molar-refractivity contribution in [1.29, 1.82) is 0 Å². The third kappa shape index (κ3) is 5.48. The molecule has 8 heteroatoms. The van der Waals surface area contributed by atoms with Crippen LogP contribution >= 0.6 is 11.8 Å². The van der Waals surface area contributed by atoms with Gasteiger partial charge < -0.3 is 9.30 Å². The molecule has 0 radical (unpaired) electrons. The Morgan fingerprint density at radius 2 is 1.77 bits per heavy atom. The molecule has 3 rings (SSSR count). The Labute approximate surface area is 179 Å². The van der Waals surface area contributed by atoms with E-state index in [0.717, 1.165) is 17.1 Å². The van der Waals surface area contributed by atoms with E-state index >= 15 is 0 Å². The van der Waals surface area contributed by atoms with Crippen molar-refractivity contribution in [2.24, 2.45) is 5.92 Å². The summed E-state index contributed by atoms with van der Waals surface area (Å²) >= 11 is 1.26. The lowest BCUT2D eigenvalue weighted by molar-refractivity contribution is -0.117. The van der Waals surface area contributed by atoms with E-state index in [1.54, 1.807) is 31.4 Å². The molecule has 0 saturated heterocycles. The minimum atomic E-state index is -0.413. The maximum absolute atomic E-state index is 12.3. The number of methoxy groups -OCH3 is 1. The SMILES string of the molecule is COc1ccc(-c2nnc(SCC(=O)NC(=O)c3ccccc3)n2CC(C)C)cc1. The maximum Gasteiger partial charge on any atom is 0.257 e. The predicted molar refractivity (Wildman–Crippen MR) is 116 cm³/mol. The Balaban J connectivity index is 1.71. The number of carbonyl (C=O) groups is 2. The van der Waals surface area contributed by atoms with Crippen LogP contribution in [0.4, 0.5) is 0 Å². The van der Waals surface area contributed by atoms with Gasteiger partial charge in [0, 0.05) is 17.7 Å². The number of rotatable bonds is 8.